The molecule has 24 heavy (non-hydrogen) atoms. The van der Waals surface area contributed by atoms with Gasteiger partial charge in [0.2, 0.25) is 0 Å². The SMILES string of the molecule is Cc1cc(OCC(C)C)c(C(=O)Nc2cccc(C)c2C)c(C)n1. The molecule has 0 aliphatic rings. The highest BCUT2D eigenvalue weighted by Crippen LogP contribution is 2.25. The van der Waals surface area contributed by atoms with Crippen LogP contribution in [0.2, 0.25) is 0 Å². The molecule has 1 aromatic heterocycles. The summed E-state index contributed by atoms with van der Waals surface area (Å²) in [5.41, 5.74) is 5.04. The zero-order valence-corrected chi connectivity index (χ0v) is 15.4. The molecular formula is C20H26N2O2. The predicted molar refractivity (Wildman–Crippen MR) is 97.9 cm³/mol. The Morgan fingerprint density at radius 1 is 1.21 bits per heavy atom. The number of carbonyl (C=O) groups is 1. The van der Waals surface area contributed by atoms with Gasteiger partial charge in [0, 0.05) is 17.4 Å². The number of pyridine rings is 1. The number of carbonyl (C=O) groups excluding carboxylic acids is 1. The van der Waals surface area contributed by atoms with Crippen LogP contribution in [0, 0.1) is 33.6 Å². The number of anilines is 1. The van der Waals surface area contributed by atoms with Gasteiger partial charge in [0.25, 0.3) is 5.91 Å². The largest absolute Gasteiger partial charge is 0.492 e. The highest BCUT2D eigenvalue weighted by Gasteiger charge is 2.19. The van der Waals surface area contributed by atoms with E-state index in [0.717, 1.165) is 22.5 Å². The second kappa shape index (κ2) is 7.47. The van der Waals surface area contributed by atoms with Crippen LogP contribution in [0.4, 0.5) is 5.69 Å². The molecule has 0 fully saturated rings. The van der Waals surface area contributed by atoms with E-state index in [2.05, 4.69) is 24.1 Å². The van der Waals surface area contributed by atoms with Gasteiger partial charge in [-0.1, -0.05) is 26.0 Å². The van der Waals surface area contributed by atoms with Crippen molar-refractivity contribution < 1.29 is 9.53 Å². The minimum Gasteiger partial charge on any atom is -0.492 e. The fraction of sp³-hybridized carbons (Fsp3) is 0.400. The van der Waals surface area contributed by atoms with Gasteiger partial charge in [-0.2, -0.15) is 0 Å². The molecule has 128 valence electrons. The first-order valence-corrected chi connectivity index (χ1v) is 8.28. The second-order valence-corrected chi connectivity index (χ2v) is 6.63. The zero-order chi connectivity index (χ0) is 17.9. The Hall–Kier alpha value is -2.36. The van der Waals surface area contributed by atoms with Gasteiger partial charge in [-0.15, -0.1) is 0 Å². The maximum absolute atomic E-state index is 12.8. The maximum atomic E-state index is 12.8. The van der Waals surface area contributed by atoms with E-state index in [4.69, 9.17) is 4.74 Å². The summed E-state index contributed by atoms with van der Waals surface area (Å²) in [6.07, 6.45) is 0. The molecule has 1 amide bonds. The summed E-state index contributed by atoms with van der Waals surface area (Å²) >= 11 is 0. The van der Waals surface area contributed by atoms with E-state index in [1.54, 1.807) is 0 Å². The molecule has 2 aromatic rings. The highest BCUT2D eigenvalue weighted by molar-refractivity contribution is 6.07. The molecule has 0 aliphatic carbocycles. The van der Waals surface area contributed by atoms with Crippen molar-refractivity contribution in [2.75, 3.05) is 11.9 Å². The molecule has 1 heterocycles. The molecular weight excluding hydrogens is 300 g/mol. The zero-order valence-electron chi connectivity index (χ0n) is 15.4. The third-order valence-electron chi connectivity index (χ3n) is 3.94. The molecule has 4 nitrogen and oxygen atoms in total. The van der Waals surface area contributed by atoms with E-state index in [0.29, 0.717) is 29.5 Å². The Morgan fingerprint density at radius 2 is 1.92 bits per heavy atom. The van der Waals surface area contributed by atoms with Gasteiger partial charge in [0.1, 0.15) is 11.3 Å². The number of hydrogen-bond acceptors (Lipinski definition) is 3. The summed E-state index contributed by atoms with van der Waals surface area (Å²) in [6, 6.07) is 7.70. The molecule has 0 unspecified atom stereocenters. The minimum absolute atomic E-state index is 0.188. The lowest BCUT2D eigenvalue weighted by Crippen LogP contribution is -2.18. The average molecular weight is 326 g/mol. The van der Waals surface area contributed by atoms with Gasteiger partial charge < -0.3 is 10.1 Å². The normalized spacial score (nSPS) is 10.8. The van der Waals surface area contributed by atoms with Crippen LogP contribution in [0.3, 0.4) is 0 Å². The number of benzene rings is 1. The summed E-state index contributed by atoms with van der Waals surface area (Å²) in [6.45, 7) is 12.5. The number of aromatic nitrogens is 1. The molecule has 1 aromatic carbocycles. The quantitative estimate of drug-likeness (QED) is 0.873. The lowest BCUT2D eigenvalue weighted by molar-refractivity contribution is 0.102. The van der Waals surface area contributed by atoms with Gasteiger partial charge in [0.15, 0.2) is 0 Å². The lowest BCUT2D eigenvalue weighted by Gasteiger charge is -2.16. The molecule has 2 rings (SSSR count). The first-order valence-electron chi connectivity index (χ1n) is 8.28. The van der Waals surface area contributed by atoms with Crippen LogP contribution in [-0.4, -0.2) is 17.5 Å². The molecule has 4 heteroatoms. The fourth-order valence-electron chi connectivity index (χ4n) is 2.51. The van der Waals surface area contributed by atoms with Gasteiger partial charge >= 0.3 is 0 Å². The number of amides is 1. The standard InChI is InChI=1S/C20H26N2O2/c1-12(2)11-24-18-10-14(4)21-16(6)19(18)20(23)22-17-9-7-8-13(3)15(17)5/h7-10,12H,11H2,1-6H3,(H,22,23). The smallest absolute Gasteiger partial charge is 0.261 e. The van der Waals surface area contributed by atoms with Gasteiger partial charge in [-0.05, 0) is 50.8 Å². The Bertz CT molecular complexity index is 752. The molecule has 0 atom stereocenters. The first-order chi connectivity index (χ1) is 11.3. The second-order valence-electron chi connectivity index (χ2n) is 6.63. The van der Waals surface area contributed by atoms with Crippen molar-refractivity contribution in [2.45, 2.75) is 41.5 Å². The molecule has 0 radical (unpaired) electrons. The third kappa shape index (κ3) is 4.13. The summed E-state index contributed by atoms with van der Waals surface area (Å²) < 4.78 is 5.87. The van der Waals surface area contributed by atoms with Gasteiger partial charge in [-0.25, -0.2) is 0 Å². The summed E-state index contributed by atoms with van der Waals surface area (Å²) in [5, 5.41) is 3.00. The van der Waals surface area contributed by atoms with Crippen LogP contribution in [0.1, 0.15) is 46.7 Å². The van der Waals surface area contributed by atoms with Crippen molar-refractivity contribution in [1.82, 2.24) is 4.98 Å². The van der Waals surface area contributed by atoms with Gasteiger partial charge in [-0.3, -0.25) is 9.78 Å². The Balaban J connectivity index is 2.35. The van der Waals surface area contributed by atoms with E-state index in [9.17, 15) is 4.79 Å². The number of ether oxygens (including phenoxy) is 1. The van der Waals surface area contributed by atoms with Crippen LogP contribution >= 0.6 is 0 Å². The van der Waals surface area contributed by atoms with Crippen molar-refractivity contribution in [3.05, 3.63) is 52.3 Å². The van der Waals surface area contributed by atoms with E-state index in [1.165, 1.54) is 0 Å². The van der Waals surface area contributed by atoms with E-state index in [1.807, 2.05) is 52.0 Å². The maximum Gasteiger partial charge on any atom is 0.261 e. The first kappa shape index (κ1) is 18.0. The molecule has 0 bridgehead atoms. The van der Waals surface area contributed by atoms with Crippen molar-refractivity contribution in [2.24, 2.45) is 5.92 Å². The van der Waals surface area contributed by atoms with Crippen LogP contribution in [0.25, 0.3) is 0 Å². The van der Waals surface area contributed by atoms with Gasteiger partial charge in [0.05, 0.1) is 12.3 Å². The van der Waals surface area contributed by atoms with E-state index < -0.39 is 0 Å². The van der Waals surface area contributed by atoms with Crippen LogP contribution < -0.4 is 10.1 Å². The molecule has 0 spiro atoms. The third-order valence-corrected chi connectivity index (χ3v) is 3.94. The summed E-state index contributed by atoms with van der Waals surface area (Å²) in [7, 11) is 0. The Morgan fingerprint density at radius 3 is 2.58 bits per heavy atom. The van der Waals surface area contributed by atoms with Crippen molar-refractivity contribution in [3.63, 3.8) is 0 Å². The highest BCUT2D eigenvalue weighted by atomic mass is 16.5. The van der Waals surface area contributed by atoms with E-state index >= 15 is 0 Å². The number of nitrogens with zero attached hydrogens (tertiary/aromatic N) is 1. The summed E-state index contributed by atoms with van der Waals surface area (Å²) in [4.78, 5) is 17.3. The summed E-state index contributed by atoms with van der Waals surface area (Å²) in [5.74, 6) is 0.790. The van der Waals surface area contributed by atoms with Crippen molar-refractivity contribution in [1.29, 1.82) is 0 Å². The van der Waals surface area contributed by atoms with Crippen LogP contribution in [0.5, 0.6) is 5.75 Å². The minimum atomic E-state index is -0.188. The molecule has 0 aliphatic heterocycles. The van der Waals surface area contributed by atoms with E-state index in [-0.39, 0.29) is 5.91 Å². The van der Waals surface area contributed by atoms with Crippen LogP contribution in [0.15, 0.2) is 24.3 Å². The van der Waals surface area contributed by atoms with Crippen molar-refractivity contribution >= 4 is 11.6 Å². The molecule has 0 saturated heterocycles. The number of aryl methyl sites for hydroxylation is 3. The topological polar surface area (TPSA) is 51.2 Å². The predicted octanol–water partition coefficient (Wildman–Crippen LogP) is 4.60. The Kier molecular flexibility index (Phi) is 5.60. The lowest BCUT2D eigenvalue weighted by atomic mass is 10.1. The van der Waals surface area contributed by atoms with Crippen molar-refractivity contribution in [3.8, 4) is 5.75 Å². The monoisotopic (exact) mass is 326 g/mol. The Labute approximate surface area is 144 Å². The molecule has 1 N–H and O–H groups in total. The number of rotatable bonds is 5. The number of hydrogen-bond donors (Lipinski definition) is 1. The fourth-order valence-corrected chi connectivity index (χ4v) is 2.51. The van der Waals surface area contributed by atoms with Crippen LogP contribution in [-0.2, 0) is 0 Å². The average Bonchev–Trinajstić information content (AvgIpc) is 2.49. The number of nitrogens with one attached hydrogen (secondary N) is 1. The molecule has 0 saturated carbocycles.